The van der Waals surface area contributed by atoms with Crippen LogP contribution in [0.2, 0.25) is 5.02 Å². The molecule has 0 spiro atoms. The molecule has 1 amide bonds. The fraction of sp³-hybridized carbons (Fsp3) is 0.346. The SMILES string of the molecule is CCCN(CC)c1ccc(CN(Cc2ccco2)C(=O)c2ccccc2Cl)c(NCC)c1. The number of anilines is 2. The summed E-state index contributed by atoms with van der Waals surface area (Å²) in [7, 11) is 0. The minimum absolute atomic E-state index is 0.125. The van der Waals surface area contributed by atoms with Crippen LogP contribution in [0.1, 0.15) is 48.9 Å². The van der Waals surface area contributed by atoms with Gasteiger partial charge in [0.2, 0.25) is 0 Å². The molecule has 0 aliphatic heterocycles. The van der Waals surface area contributed by atoms with Crippen LogP contribution in [-0.4, -0.2) is 30.4 Å². The summed E-state index contributed by atoms with van der Waals surface area (Å²) >= 11 is 6.34. The van der Waals surface area contributed by atoms with E-state index in [1.54, 1.807) is 23.3 Å². The van der Waals surface area contributed by atoms with E-state index in [0.29, 0.717) is 23.7 Å². The Morgan fingerprint density at radius 3 is 2.50 bits per heavy atom. The van der Waals surface area contributed by atoms with Crippen LogP contribution in [0.5, 0.6) is 0 Å². The van der Waals surface area contributed by atoms with Gasteiger partial charge in [0.05, 0.1) is 23.4 Å². The van der Waals surface area contributed by atoms with E-state index in [4.69, 9.17) is 16.0 Å². The van der Waals surface area contributed by atoms with E-state index in [1.165, 1.54) is 5.69 Å². The lowest BCUT2D eigenvalue weighted by Crippen LogP contribution is -2.30. The van der Waals surface area contributed by atoms with Crippen LogP contribution in [0.25, 0.3) is 0 Å². The average molecular weight is 454 g/mol. The van der Waals surface area contributed by atoms with E-state index in [9.17, 15) is 4.79 Å². The third kappa shape index (κ3) is 5.86. The van der Waals surface area contributed by atoms with Crippen molar-refractivity contribution in [3.63, 3.8) is 0 Å². The fourth-order valence-electron chi connectivity index (χ4n) is 3.79. The molecule has 0 unspecified atom stereocenters. The highest BCUT2D eigenvalue weighted by Gasteiger charge is 2.21. The molecule has 32 heavy (non-hydrogen) atoms. The Morgan fingerprint density at radius 1 is 1.03 bits per heavy atom. The molecule has 2 aromatic carbocycles. The summed E-state index contributed by atoms with van der Waals surface area (Å²) in [6.07, 6.45) is 2.72. The lowest BCUT2D eigenvalue weighted by molar-refractivity contribution is 0.0718. The van der Waals surface area contributed by atoms with Gasteiger partial charge in [-0.25, -0.2) is 0 Å². The van der Waals surface area contributed by atoms with Crippen molar-refractivity contribution in [2.24, 2.45) is 0 Å². The number of benzene rings is 2. The largest absolute Gasteiger partial charge is 0.467 e. The van der Waals surface area contributed by atoms with Gasteiger partial charge in [0.15, 0.2) is 0 Å². The summed E-state index contributed by atoms with van der Waals surface area (Å²) in [6, 6.07) is 17.3. The minimum atomic E-state index is -0.125. The monoisotopic (exact) mass is 453 g/mol. The van der Waals surface area contributed by atoms with Crippen molar-refractivity contribution in [1.29, 1.82) is 0 Å². The van der Waals surface area contributed by atoms with Gasteiger partial charge < -0.3 is 19.5 Å². The Labute approximate surface area is 196 Å². The molecule has 1 N–H and O–H groups in total. The molecule has 6 heteroatoms. The molecular formula is C26H32ClN3O2. The van der Waals surface area contributed by atoms with Crippen molar-refractivity contribution in [3.8, 4) is 0 Å². The van der Waals surface area contributed by atoms with Gasteiger partial charge in [-0.05, 0) is 62.2 Å². The molecule has 0 saturated carbocycles. The summed E-state index contributed by atoms with van der Waals surface area (Å²) in [4.78, 5) is 17.6. The highest BCUT2D eigenvalue weighted by atomic mass is 35.5. The van der Waals surface area contributed by atoms with E-state index in [0.717, 1.165) is 43.1 Å². The first-order valence-electron chi connectivity index (χ1n) is 11.2. The van der Waals surface area contributed by atoms with E-state index in [1.807, 2.05) is 24.3 Å². The predicted molar refractivity (Wildman–Crippen MR) is 133 cm³/mol. The van der Waals surface area contributed by atoms with Crippen molar-refractivity contribution in [2.75, 3.05) is 29.9 Å². The van der Waals surface area contributed by atoms with Crippen LogP contribution >= 0.6 is 11.6 Å². The van der Waals surface area contributed by atoms with E-state index in [2.05, 4.69) is 49.2 Å². The highest BCUT2D eigenvalue weighted by Crippen LogP contribution is 2.27. The Morgan fingerprint density at radius 2 is 1.84 bits per heavy atom. The van der Waals surface area contributed by atoms with Gasteiger partial charge in [0.1, 0.15) is 5.76 Å². The van der Waals surface area contributed by atoms with Crippen LogP contribution < -0.4 is 10.2 Å². The number of hydrogen-bond donors (Lipinski definition) is 1. The number of nitrogens with zero attached hydrogens (tertiary/aromatic N) is 2. The first-order valence-corrected chi connectivity index (χ1v) is 11.6. The molecule has 3 aromatic rings. The molecule has 0 radical (unpaired) electrons. The number of furan rings is 1. The normalized spacial score (nSPS) is 10.8. The summed E-state index contributed by atoms with van der Waals surface area (Å²) < 4.78 is 5.54. The van der Waals surface area contributed by atoms with Crippen molar-refractivity contribution in [1.82, 2.24) is 4.90 Å². The van der Waals surface area contributed by atoms with Crippen molar-refractivity contribution in [2.45, 2.75) is 40.3 Å². The molecule has 5 nitrogen and oxygen atoms in total. The van der Waals surface area contributed by atoms with E-state index in [-0.39, 0.29) is 5.91 Å². The van der Waals surface area contributed by atoms with Crippen LogP contribution in [-0.2, 0) is 13.1 Å². The molecular weight excluding hydrogens is 422 g/mol. The standard InChI is InChI=1S/C26H32ClN3O2/c1-4-15-29(6-3)21-14-13-20(25(17-21)28-5-2)18-30(19-22-10-9-16-32-22)26(31)23-11-7-8-12-24(23)27/h7-14,16-17,28H,4-6,15,18-19H2,1-3H3. The summed E-state index contributed by atoms with van der Waals surface area (Å²) in [6.45, 7) is 10.0. The zero-order valence-corrected chi connectivity index (χ0v) is 19.9. The molecule has 0 atom stereocenters. The fourth-order valence-corrected chi connectivity index (χ4v) is 4.01. The zero-order valence-electron chi connectivity index (χ0n) is 19.1. The van der Waals surface area contributed by atoms with Gasteiger partial charge >= 0.3 is 0 Å². The van der Waals surface area contributed by atoms with Gasteiger partial charge in [-0.1, -0.05) is 36.7 Å². The number of amides is 1. The Kier molecular flexibility index (Phi) is 8.63. The molecule has 1 aromatic heterocycles. The Balaban J connectivity index is 1.94. The smallest absolute Gasteiger partial charge is 0.256 e. The third-order valence-corrected chi connectivity index (χ3v) is 5.71. The van der Waals surface area contributed by atoms with Crippen LogP contribution in [0.3, 0.4) is 0 Å². The van der Waals surface area contributed by atoms with Crippen molar-refractivity contribution in [3.05, 3.63) is 82.8 Å². The van der Waals surface area contributed by atoms with Gasteiger partial charge in [-0.3, -0.25) is 4.79 Å². The molecule has 0 aliphatic rings. The molecule has 0 aliphatic carbocycles. The average Bonchev–Trinajstić information content (AvgIpc) is 3.31. The molecule has 170 valence electrons. The Bertz CT molecular complexity index is 1000. The first kappa shape index (κ1) is 23.7. The predicted octanol–water partition coefficient (Wildman–Crippen LogP) is 6.44. The van der Waals surface area contributed by atoms with Gasteiger partial charge in [0.25, 0.3) is 5.91 Å². The third-order valence-electron chi connectivity index (χ3n) is 5.38. The lowest BCUT2D eigenvalue weighted by Gasteiger charge is -2.27. The number of nitrogens with one attached hydrogen (secondary N) is 1. The summed E-state index contributed by atoms with van der Waals surface area (Å²) in [5.41, 5.74) is 3.76. The number of rotatable bonds is 11. The number of carbonyl (C=O) groups excluding carboxylic acids is 1. The van der Waals surface area contributed by atoms with E-state index < -0.39 is 0 Å². The maximum Gasteiger partial charge on any atom is 0.256 e. The topological polar surface area (TPSA) is 48.7 Å². The maximum atomic E-state index is 13.4. The van der Waals surface area contributed by atoms with Gasteiger partial charge in [-0.15, -0.1) is 0 Å². The second-order valence-corrected chi connectivity index (χ2v) is 8.08. The summed E-state index contributed by atoms with van der Waals surface area (Å²) in [5, 5.41) is 3.92. The Hall–Kier alpha value is -2.92. The maximum absolute atomic E-state index is 13.4. The first-order chi connectivity index (χ1) is 15.6. The zero-order chi connectivity index (χ0) is 22.9. The molecule has 0 bridgehead atoms. The number of halogens is 1. The lowest BCUT2D eigenvalue weighted by atomic mass is 10.1. The quantitative estimate of drug-likeness (QED) is 0.362. The second-order valence-electron chi connectivity index (χ2n) is 7.67. The van der Waals surface area contributed by atoms with E-state index >= 15 is 0 Å². The molecule has 1 heterocycles. The van der Waals surface area contributed by atoms with Crippen LogP contribution in [0.4, 0.5) is 11.4 Å². The minimum Gasteiger partial charge on any atom is -0.467 e. The highest BCUT2D eigenvalue weighted by molar-refractivity contribution is 6.33. The summed E-state index contributed by atoms with van der Waals surface area (Å²) in [5.74, 6) is 0.604. The molecule has 0 fully saturated rings. The van der Waals surface area contributed by atoms with Crippen molar-refractivity contribution < 1.29 is 9.21 Å². The number of hydrogen-bond acceptors (Lipinski definition) is 4. The van der Waals surface area contributed by atoms with Crippen LogP contribution in [0.15, 0.2) is 65.3 Å². The number of carbonyl (C=O) groups is 1. The van der Waals surface area contributed by atoms with Crippen molar-refractivity contribution >= 4 is 28.9 Å². The molecule has 0 saturated heterocycles. The molecule has 3 rings (SSSR count). The van der Waals surface area contributed by atoms with Gasteiger partial charge in [-0.2, -0.15) is 0 Å². The van der Waals surface area contributed by atoms with Gasteiger partial charge in [0, 0.05) is 37.6 Å². The van der Waals surface area contributed by atoms with Crippen LogP contribution in [0, 0.1) is 0 Å². The second kappa shape index (κ2) is 11.6.